The fourth-order valence-corrected chi connectivity index (χ4v) is 4.28. The van der Waals surface area contributed by atoms with Gasteiger partial charge < -0.3 is 0 Å². The van der Waals surface area contributed by atoms with Crippen LogP contribution in [-0.4, -0.2) is 19.2 Å². The molecular formula is C22H21F3N4OS. The average Bonchev–Trinajstić information content (AvgIpc) is 3.15. The van der Waals surface area contributed by atoms with Gasteiger partial charge in [0.25, 0.3) is 5.56 Å². The molecule has 2 heterocycles. The number of nitrogens with zero attached hydrogens (tertiary/aromatic N) is 4. The molecule has 0 fully saturated rings. The van der Waals surface area contributed by atoms with Gasteiger partial charge in [-0.25, -0.2) is 0 Å². The Hall–Kier alpha value is -2.81. The zero-order valence-corrected chi connectivity index (χ0v) is 17.9. The van der Waals surface area contributed by atoms with E-state index in [9.17, 15) is 18.0 Å². The second-order valence-corrected chi connectivity index (χ2v) is 8.70. The second kappa shape index (κ2) is 8.37. The Labute approximate surface area is 180 Å². The maximum Gasteiger partial charge on any atom is 0.416 e. The quantitative estimate of drug-likeness (QED) is 0.372. The molecule has 31 heavy (non-hydrogen) atoms. The highest BCUT2D eigenvalue weighted by Crippen LogP contribution is 2.31. The summed E-state index contributed by atoms with van der Waals surface area (Å²) >= 11 is 1.29. The zero-order valence-electron chi connectivity index (χ0n) is 17.1. The Morgan fingerprint density at radius 1 is 1.06 bits per heavy atom. The molecule has 0 bridgehead atoms. The van der Waals surface area contributed by atoms with Crippen LogP contribution in [0.3, 0.4) is 0 Å². The van der Waals surface area contributed by atoms with Gasteiger partial charge in [-0.15, -0.1) is 10.2 Å². The van der Waals surface area contributed by atoms with Crippen LogP contribution in [-0.2, 0) is 18.5 Å². The van der Waals surface area contributed by atoms with E-state index in [1.165, 1.54) is 17.8 Å². The van der Waals surface area contributed by atoms with Crippen LogP contribution in [0, 0.1) is 5.92 Å². The number of benzene rings is 2. The lowest BCUT2D eigenvalue weighted by Gasteiger charge is -2.12. The molecule has 2 aromatic carbocycles. The standard InChI is InChI=1S/C22H21F3N4OS/c1-14(2)10-11-28-19(30)17-8-3-4-9-18(17)29-20(28)26-27-21(29)31-13-15-6-5-7-16(12-15)22(23,24)25/h3-9,12,14H,10-11,13H2,1-2H3. The first kappa shape index (κ1) is 21.4. The van der Waals surface area contributed by atoms with E-state index in [1.54, 1.807) is 16.7 Å². The maximum atomic E-state index is 13.0. The first-order valence-electron chi connectivity index (χ1n) is 9.91. The minimum Gasteiger partial charge on any atom is -0.276 e. The van der Waals surface area contributed by atoms with Gasteiger partial charge >= 0.3 is 6.18 Å². The maximum absolute atomic E-state index is 13.0. The molecule has 0 atom stereocenters. The number of para-hydroxylation sites is 1. The van der Waals surface area contributed by atoms with E-state index in [0.29, 0.717) is 45.6 Å². The predicted octanol–water partition coefficient (Wildman–Crippen LogP) is 5.40. The van der Waals surface area contributed by atoms with Gasteiger partial charge in [-0.2, -0.15) is 13.2 Å². The highest BCUT2D eigenvalue weighted by molar-refractivity contribution is 7.98. The van der Waals surface area contributed by atoms with Gasteiger partial charge in [0.1, 0.15) is 0 Å². The van der Waals surface area contributed by atoms with E-state index in [2.05, 4.69) is 24.0 Å². The Kier molecular flexibility index (Phi) is 5.79. The number of alkyl halides is 3. The molecular weight excluding hydrogens is 425 g/mol. The lowest BCUT2D eigenvalue weighted by molar-refractivity contribution is -0.137. The minimum absolute atomic E-state index is 0.120. The smallest absolute Gasteiger partial charge is 0.276 e. The molecule has 0 saturated heterocycles. The van der Waals surface area contributed by atoms with Crippen LogP contribution in [0.5, 0.6) is 0 Å². The van der Waals surface area contributed by atoms with Gasteiger partial charge in [0.2, 0.25) is 5.78 Å². The van der Waals surface area contributed by atoms with Crippen molar-refractivity contribution in [2.45, 2.75) is 43.9 Å². The number of halogens is 3. The van der Waals surface area contributed by atoms with Crippen molar-refractivity contribution in [3.05, 3.63) is 70.0 Å². The molecule has 0 aliphatic rings. The van der Waals surface area contributed by atoms with E-state index < -0.39 is 11.7 Å². The molecule has 0 N–H and O–H groups in total. The molecule has 9 heteroatoms. The molecule has 0 radical (unpaired) electrons. The highest BCUT2D eigenvalue weighted by Gasteiger charge is 2.30. The van der Waals surface area contributed by atoms with Crippen molar-refractivity contribution in [1.82, 2.24) is 19.2 Å². The van der Waals surface area contributed by atoms with Crippen LogP contribution < -0.4 is 5.56 Å². The highest BCUT2D eigenvalue weighted by atomic mass is 32.2. The fraction of sp³-hybridized carbons (Fsp3) is 0.318. The van der Waals surface area contributed by atoms with Crippen LogP contribution in [0.15, 0.2) is 58.5 Å². The van der Waals surface area contributed by atoms with Crippen LogP contribution >= 0.6 is 11.8 Å². The molecule has 5 nitrogen and oxygen atoms in total. The molecule has 0 aliphatic carbocycles. The van der Waals surface area contributed by atoms with Crippen LogP contribution in [0.25, 0.3) is 16.7 Å². The Bertz CT molecular complexity index is 1290. The SMILES string of the molecule is CC(C)CCn1c(=O)c2ccccc2n2c(SCc3cccc(C(F)(F)F)c3)nnc12. The molecule has 4 rings (SSSR count). The first-order chi connectivity index (χ1) is 14.8. The molecule has 0 unspecified atom stereocenters. The van der Waals surface area contributed by atoms with Gasteiger partial charge in [0.15, 0.2) is 5.16 Å². The summed E-state index contributed by atoms with van der Waals surface area (Å²) in [4.78, 5) is 13.0. The predicted molar refractivity (Wildman–Crippen MR) is 115 cm³/mol. The summed E-state index contributed by atoms with van der Waals surface area (Å²) in [5, 5.41) is 9.59. The lowest BCUT2D eigenvalue weighted by atomic mass is 10.1. The second-order valence-electron chi connectivity index (χ2n) is 7.76. The van der Waals surface area contributed by atoms with E-state index in [-0.39, 0.29) is 5.56 Å². The number of hydrogen-bond donors (Lipinski definition) is 0. The summed E-state index contributed by atoms with van der Waals surface area (Å²) in [6, 6.07) is 12.5. The summed E-state index contributed by atoms with van der Waals surface area (Å²) in [6.45, 7) is 4.69. The first-order valence-corrected chi connectivity index (χ1v) is 10.9. The largest absolute Gasteiger partial charge is 0.416 e. The normalized spacial score (nSPS) is 12.3. The van der Waals surface area contributed by atoms with E-state index in [0.717, 1.165) is 18.6 Å². The van der Waals surface area contributed by atoms with E-state index in [1.807, 2.05) is 22.6 Å². The Morgan fingerprint density at radius 2 is 1.84 bits per heavy atom. The van der Waals surface area contributed by atoms with Crippen molar-refractivity contribution in [3.8, 4) is 0 Å². The third kappa shape index (κ3) is 4.32. The lowest BCUT2D eigenvalue weighted by Crippen LogP contribution is -2.24. The summed E-state index contributed by atoms with van der Waals surface area (Å²) < 4.78 is 42.5. The third-order valence-corrected chi connectivity index (χ3v) is 6.03. The third-order valence-electron chi connectivity index (χ3n) is 5.03. The van der Waals surface area contributed by atoms with Gasteiger partial charge in [0, 0.05) is 12.3 Å². The van der Waals surface area contributed by atoms with Crippen molar-refractivity contribution < 1.29 is 13.2 Å². The zero-order chi connectivity index (χ0) is 22.2. The number of rotatable bonds is 6. The fourth-order valence-electron chi connectivity index (χ4n) is 3.40. The summed E-state index contributed by atoms with van der Waals surface area (Å²) in [6.07, 6.45) is -3.57. The van der Waals surface area contributed by atoms with Gasteiger partial charge in [-0.3, -0.25) is 13.8 Å². The average molecular weight is 446 g/mol. The molecule has 2 aromatic heterocycles. The Morgan fingerprint density at radius 3 is 2.58 bits per heavy atom. The van der Waals surface area contributed by atoms with E-state index in [4.69, 9.17) is 0 Å². The van der Waals surface area contributed by atoms with Crippen molar-refractivity contribution in [2.24, 2.45) is 5.92 Å². The van der Waals surface area contributed by atoms with Crippen LogP contribution in [0.4, 0.5) is 13.2 Å². The number of hydrogen-bond acceptors (Lipinski definition) is 4. The number of aryl methyl sites for hydroxylation is 1. The molecule has 162 valence electrons. The minimum atomic E-state index is -4.38. The van der Waals surface area contributed by atoms with Crippen molar-refractivity contribution >= 4 is 28.4 Å². The van der Waals surface area contributed by atoms with Gasteiger partial charge in [-0.1, -0.05) is 55.9 Å². The number of fused-ring (bicyclic) bond motifs is 3. The monoisotopic (exact) mass is 446 g/mol. The Balaban J connectivity index is 1.75. The van der Waals surface area contributed by atoms with E-state index >= 15 is 0 Å². The summed E-state index contributed by atoms with van der Waals surface area (Å²) in [5.74, 6) is 1.15. The molecule has 4 aromatic rings. The van der Waals surface area contributed by atoms with Gasteiger partial charge in [-0.05, 0) is 36.1 Å². The number of thioether (sulfide) groups is 1. The van der Waals surface area contributed by atoms with Crippen LogP contribution in [0.2, 0.25) is 0 Å². The number of aromatic nitrogens is 4. The summed E-state index contributed by atoms with van der Waals surface area (Å²) in [7, 11) is 0. The molecule has 0 amide bonds. The molecule has 0 aliphatic heterocycles. The van der Waals surface area contributed by atoms with Crippen molar-refractivity contribution in [3.63, 3.8) is 0 Å². The summed E-state index contributed by atoms with van der Waals surface area (Å²) in [5.41, 5.74) is 0.420. The van der Waals surface area contributed by atoms with Crippen molar-refractivity contribution in [1.29, 1.82) is 0 Å². The molecule has 0 spiro atoms. The van der Waals surface area contributed by atoms with Gasteiger partial charge in [0.05, 0.1) is 16.5 Å². The topological polar surface area (TPSA) is 52.2 Å². The van der Waals surface area contributed by atoms with Crippen molar-refractivity contribution in [2.75, 3.05) is 0 Å². The van der Waals surface area contributed by atoms with Crippen LogP contribution in [0.1, 0.15) is 31.4 Å². The molecule has 0 saturated carbocycles.